The van der Waals surface area contributed by atoms with Gasteiger partial charge in [0, 0.05) is 10.5 Å². The SMILES string of the molecule is C[C@@H]1[C@@H](C)CCC[C@H]1NC(=S)NC(=O)c1ccccc1Br. The van der Waals surface area contributed by atoms with Crippen molar-refractivity contribution in [3.8, 4) is 0 Å². The van der Waals surface area contributed by atoms with Crippen LogP contribution in [0.15, 0.2) is 28.7 Å². The van der Waals surface area contributed by atoms with E-state index in [1.807, 2.05) is 18.2 Å². The Morgan fingerprint density at radius 3 is 2.71 bits per heavy atom. The molecule has 2 rings (SSSR count). The van der Waals surface area contributed by atoms with Crippen LogP contribution < -0.4 is 10.6 Å². The average molecular weight is 369 g/mol. The first-order valence-corrected chi connectivity index (χ1v) is 8.55. The quantitative estimate of drug-likeness (QED) is 0.778. The summed E-state index contributed by atoms with van der Waals surface area (Å²) in [5.74, 6) is 1.08. The zero-order chi connectivity index (χ0) is 15.4. The van der Waals surface area contributed by atoms with Gasteiger partial charge in [-0.2, -0.15) is 0 Å². The van der Waals surface area contributed by atoms with Crippen LogP contribution in [-0.2, 0) is 0 Å². The molecule has 3 atom stereocenters. The van der Waals surface area contributed by atoms with E-state index >= 15 is 0 Å². The van der Waals surface area contributed by atoms with Gasteiger partial charge in [0.2, 0.25) is 0 Å². The standard InChI is InChI=1S/C16H21BrN2OS/c1-10-6-5-9-14(11(10)2)18-16(21)19-15(20)12-7-3-4-8-13(12)17/h3-4,7-8,10-11,14H,5-6,9H2,1-2H3,(H2,18,19,20,21)/t10-,11+,14+/m0/s1. The molecule has 3 nitrogen and oxygen atoms in total. The Labute approximate surface area is 140 Å². The number of rotatable bonds is 2. The lowest BCUT2D eigenvalue weighted by Gasteiger charge is -2.35. The van der Waals surface area contributed by atoms with E-state index < -0.39 is 0 Å². The predicted molar refractivity (Wildman–Crippen MR) is 93.3 cm³/mol. The molecule has 0 saturated heterocycles. The number of thiocarbonyl (C=S) groups is 1. The maximum Gasteiger partial charge on any atom is 0.258 e. The number of hydrogen-bond donors (Lipinski definition) is 2. The summed E-state index contributed by atoms with van der Waals surface area (Å²) in [6.07, 6.45) is 3.59. The van der Waals surface area contributed by atoms with Crippen molar-refractivity contribution in [2.45, 2.75) is 39.2 Å². The number of carbonyl (C=O) groups excluding carboxylic acids is 1. The summed E-state index contributed by atoms with van der Waals surface area (Å²) in [4.78, 5) is 12.2. The Hall–Kier alpha value is -0.940. The number of hydrogen-bond acceptors (Lipinski definition) is 2. The average Bonchev–Trinajstić information content (AvgIpc) is 2.44. The molecule has 114 valence electrons. The van der Waals surface area contributed by atoms with Crippen LogP contribution in [-0.4, -0.2) is 17.1 Å². The van der Waals surface area contributed by atoms with E-state index in [1.165, 1.54) is 12.8 Å². The summed E-state index contributed by atoms with van der Waals surface area (Å²) < 4.78 is 0.768. The van der Waals surface area contributed by atoms with Gasteiger partial charge in [0.15, 0.2) is 5.11 Å². The third-order valence-electron chi connectivity index (χ3n) is 4.37. The van der Waals surface area contributed by atoms with E-state index in [4.69, 9.17) is 12.2 Å². The molecule has 0 aliphatic heterocycles. The van der Waals surface area contributed by atoms with Gasteiger partial charge < -0.3 is 5.32 Å². The Bertz CT molecular complexity index is 535. The normalized spacial score (nSPS) is 25.2. The molecular formula is C16H21BrN2OS. The highest BCUT2D eigenvalue weighted by Crippen LogP contribution is 2.29. The molecule has 1 aromatic rings. The maximum absolute atomic E-state index is 12.2. The van der Waals surface area contributed by atoms with Crippen molar-refractivity contribution in [3.05, 3.63) is 34.3 Å². The summed E-state index contributed by atoms with van der Waals surface area (Å²) >= 11 is 8.67. The van der Waals surface area contributed by atoms with Crippen molar-refractivity contribution < 1.29 is 4.79 Å². The molecule has 1 aliphatic rings. The van der Waals surface area contributed by atoms with Gasteiger partial charge in [-0.05, 0) is 58.5 Å². The molecule has 1 amide bonds. The van der Waals surface area contributed by atoms with E-state index in [0.717, 1.165) is 10.9 Å². The zero-order valence-corrected chi connectivity index (χ0v) is 14.8. The maximum atomic E-state index is 12.2. The summed E-state index contributed by atoms with van der Waals surface area (Å²) in [6, 6.07) is 7.67. The van der Waals surface area contributed by atoms with Crippen LogP contribution in [0, 0.1) is 11.8 Å². The van der Waals surface area contributed by atoms with Gasteiger partial charge >= 0.3 is 0 Å². The molecule has 5 heteroatoms. The smallest absolute Gasteiger partial charge is 0.258 e. The minimum atomic E-state index is -0.184. The lowest BCUT2D eigenvalue weighted by molar-refractivity contribution is 0.0975. The van der Waals surface area contributed by atoms with Crippen LogP contribution in [0.2, 0.25) is 0 Å². The van der Waals surface area contributed by atoms with E-state index in [2.05, 4.69) is 40.4 Å². The fourth-order valence-electron chi connectivity index (χ4n) is 2.81. The molecule has 0 heterocycles. The monoisotopic (exact) mass is 368 g/mol. The van der Waals surface area contributed by atoms with Crippen LogP contribution in [0.5, 0.6) is 0 Å². The van der Waals surface area contributed by atoms with Crippen molar-refractivity contribution >= 4 is 39.2 Å². The lowest BCUT2D eigenvalue weighted by atomic mass is 9.78. The Morgan fingerprint density at radius 2 is 2.00 bits per heavy atom. The third-order valence-corrected chi connectivity index (χ3v) is 5.28. The molecule has 0 bridgehead atoms. The first-order valence-electron chi connectivity index (χ1n) is 7.35. The van der Waals surface area contributed by atoms with E-state index in [0.29, 0.717) is 28.6 Å². The van der Waals surface area contributed by atoms with Crippen molar-refractivity contribution in [1.82, 2.24) is 10.6 Å². The molecule has 1 saturated carbocycles. The van der Waals surface area contributed by atoms with Crippen molar-refractivity contribution in [3.63, 3.8) is 0 Å². The summed E-state index contributed by atoms with van der Waals surface area (Å²) in [7, 11) is 0. The number of amides is 1. The molecule has 0 spiro atoms. The second-order valence-corrected chi connectivity index (χ2v) is 7.04. The first-order chi connectivity index (χ1) is 9.99. The van der Waals surface area contributed by atoms with Gasteiger partial charge in [0.25, 0.3) is 5.91 Å². The number of nitrogens with one attached hydrogen (secondary N) is 2. The van der Waals surface area contributed by atoms with E-state index in [1.54, 1.807) is 6.07 Å². The fourth-order valence-corrected chi connectivity index (χ4v) is 3.51. The molecular weight excluding hydrogens is 348 g/mol. The fraction of sp³-hybridized carbons (Fsp3) is 0.500. The minimum Gasteiger partial charge on any atom is -0.359 e. The second kappa shape index (κ2) is 7.36. The van der Waals surface area contributed by atoms with Crippen molar-refractivity contribution in [1.29, 1.82) is 0 Å². The van der Waals surface area contributed by atoms with Crippen LogP contribution in [0.1, 0.15) is 43.5 Å². The Kier molecular flexibility index (Phi) is 5.76. The summed E-state index contributed by atoms with van der Waals surface area (Å²) in [5.41, 5.74) is 0.590. The van der Waals surface area contributed by atoms with Gasteiger partial charge in [0.05, 0.1) is 5.56 Å². The Morgan fingerprint density at radius 1 is 1.29 bits per heavy atom. The molecule has 2 N–H and O–H groups in total. The second-order valence-electron chi connectivity index (χ2n) is 5.78. The lowest BCUT2D eigenvalue weighted by Crippen LogP contribution is -2.49. The Balaban J connectivity index is 1.93. The van der Waals surface area contributed by atoms with E-state index in [-0.39, 0.29) is 5.91 Å². The number of carbonyl (C=O) groups is 1. The first kappa shape index (κ1) is 16.4. The molecule has 0 aromatic heterocycles. The van der Waals surface area contributed by atoms with Gasteiger partial charge in [-0.15, -0.1) is 0 Å². The number of benzene rings is 1. The van der Waals surface area contributed by atoms with Crippen LogP contribution in [0.25, 0.3) is 0 Å². The highest BCUT2D eigenvalue weighted by molar-refractivity contribution is 9.10. The van der Waals surface area contributed by atoms with Crippen LogP contribution in [0.3, 0.4) is 0 Å². The third kappa shape index (κ3) is 4.27. The molecule has 0 unspecified atom stereocenters. The number of halogens is 1. The van der Waals surface area contributed by atoms with Gasteiger partial charge in [0.1, 0.15) is 0 Å². The van der Waals surface area contributed by atoms with Gasteiger partial charge in [-0.25, -0.2) is 0 Å². The minimum absolute atomic E-state index is 0.184. The highest BCUT2D eigenvalue weighted by atomic mass is 79.9. The molecule has 1 aromatic carbocycles. The molecule has 21 heavy (non-hydrogen) atoms. The van der Waals surface area contributed by atoms with Gasteiger partial charge in [-0.3, -0.25) is 10.1 Å². The van der Waals surface area contributed by atoms with Crippen molar-refractivity contribution in [2.24, 2.45) is 11.8 Å². The zero-order valence-electron chi connectivity index (χ0n) is 12.4. The highest BCUT2D eigenvalue weighted by Gasteiger charge is 2.27. The summed E-state index contributed by atoms with van der Waals surface area (Å²) in [6.45, 7) is 4.53. The summed E-state index contributed by atoms with van der Waals surface area (Å²) in [5, 5.41) is 6.49. The van der Waals surface area contributed by atoms with E-state index in [9.17, 15) is 4.79 Å². The molecule has 0 radical (unpaired) electrons. The largest absolute Gasteiger partial charge is 0.359 e. The van der Waals surface area contributed by atoms with Crippen LogP contribution >= 0.6 is 28.1 Å². The molecule has 1 aliphatic carbocycles. The topological polar surface area (TPSA) is 41.1 Å². The van der Waals surface area contributed by atoms with Crippen molar-refractivity contribution in [2.75, 3.05) is 0 Å². The molecule has 1 fully saturated rings. The van der Waals surface area contributed by atoms with Crippen LogP contribution in [0.4, 0.5) is 0 Å². The van der Waals surface area contributed by atoms with Gasteiger partial charge in [-0.1, -0.05) is 38.8 Å². The predicted octanol–water partition coefficient (Wildman–Crippen LogP) is 3.88.